The summed E-state index contributed by atoms with van der Waals surface area (Å²) >= 11 is 0. The predicted octanol–water partition coefficient (Wildman–Crippen LogP) is 0.520. The first-order chi connectivity index (χ1) is 14.4. The molecule has 2 aliphatic heterocycles. The Hall–Kier alpha value is -3.03. The number of hydrogen-bond acceptors (Lipinski definition) is 8. The van der Waals surface area contributed by atoms with Gasteiger partial charge in [0.1, 0.15) is 17.1 Å². The number of amides is 1. The minimum atomic E-state index is -0.384. The Morgan fingerprint density at radius 2 is 2.17 bits per heavy atom. The molecule has 2 unspecified atom stereocenters. The second-order valence-corrected chi connectivity index (χ2v) is 8.44. The Morgan fingerprint density at radius 3 is 2.77 bits per heavy atom. The molecule has 2 aromatic heterocycles. The SMILES string of the molecule is CC(C)NC(=O)c1cnc(N2CC(CC#N)(n3cc(C4CNNC4C)cn3)C2)cn1. The monoisotopic (exact) mass is 409 g/mol. The molecule has 0 bridgehead atoms. The van der Waals surface area contributed by atoms with E-state index in [1.165, 1.54) is 6.20 Å². The minimum Gasteiger partial charge on any atom is -0.350 e. The number of aromatic nitrogens is 4. The van der Waals surface area contributed by atoms with Gasteiger partial charge in [-0.2, -0.15) is 10.4 Å². The quantitative estimate of drug-likeness (QED) is 0.631. The van der Waals surface area contributed by atoms with Crippen molar-refractivity contribution in [3.63, 3.8) is 0 Å². The second kappa shape index (κ2) is 8.01. The molecule has 2 atom stereocenters. The molecule has 158 valence electrons. The van der Waals surface area contributed by atoms with E-state index in [2.05, 4.69) is 55.3 Å². The lowest BCUT2D eigenvalue weighted by molar-refractivity contribution is 0.0937. The predicted molar refractivity (Wildman–Crippen MR) is 111 cm³/mol. The van der Waals surface area contributed by atoms with Crippen LogP contribution in [0.15, 0.2) is 24.8 Å². The molecule has 2 aromatic rings. The second-order valence-electron chi connectivity index (χ2n) is 8.44. The molecular formula is C20H27N9O. The molecule has 2 saturated heterocycles. The number of carbonyl (C=O) groups is 1. The maximum absolute atomic E-state index is 12.0. The number of hydrogen-bond donors (Lipinski definition) is 3. The van der Waals surface area contributed by atoms with Crippen LogP contribution >= 0.6 is 0 Å². The van der Waals surface area contributed by atoms with E-state index in [0.29, 0.717) is 43.0 Å². The molecule has 1 amide bonds. The third-order valence-electron chi connectivity index (χ3n) is 5.77. The minimum absolute atomic E-state index is 0.0405. The fraction of sp³-hybridized carbons (Fsp3) is 0.550. The molecule has 0 saturated carbocycles. The van der Waals surface area contributed by atoms with E-state index in [9.17, 15) is 10.1 Å². The lowest BCUT2D eigenvalue weighted by Crippen LogP contribution is -2.63. The molecule has 10 nitrogen and oxygen atoms in total. The normalized spacial score (nSPS) is 22.6. The van der Waals surface area contributed by atoms with Crippen LogP contribution in [0.3, 0.4) is 0 Å². The van der Waals surface area contributed by atoms with Crippen molar-refractivity contribution in [3.05, 3.63) is 36.0 Å². The number of carbonyl (C=O) groups excluding carboxylic acids is 1. The fourth-order valence-electron chi connectivity index (χ4n) is 4.05. The van der Waals surface area contributed by atoms with Gasteiger partial charge in [0, 0.05) is 43.8 Å². The van der Waals surface area contributed by atoms with Crippen LogP contribution in [0.4, 0.5) is 5.82 Å². The van der Waals surface area contributed by atoms with Crippen molar-refractivity contribution < 1.29 is 4.79 Å². The molecule has 0 aliphatic carbocycles. The van der Waals surface area contributed by atoms with Crippen molar-refractivity contribution in [3.8, 4) is 6.07 Å². The molecule has 2 aliphatic rings. The zero-order chi connectivity index (χ0) is 21.3. The molecule has 4 heterocycles. The third kappa shape index (κ3) is 3.74. The zero-order valence-corrected chi connectivity index (χ0v) is 17.5. The highest BCUT2D eigenvalue weighted by Crippen LogP contribution is 2.35. The summed E-state index contributed by atoms with van der Waals surface area (Å²) in [5.41, 5.74) is 7.48. The fourth-order valence-corrected chi connectivity index (χ4v) is 4.05. The number of nitrogens with zero attached hydrogens (tertiary/aromatic N) is 6. The number of rotatable bonds is 6. The van der Waals surface area contributed by atoms with E-state index in [1.54, 1.807) is 6.20 Å². The van der Waals surface area contributed by atoms with Crippen LogP contribution in [0.1, 0.15) is 49.2 Å². The Kier molecular flexibility index (Phi) is 5.40. The first-order valence-electron chi connectivity index (χ1n) is 10.2. The van der Waals surface area contributed by atoms with Gasteiger partial charge in [0.05, 0.1) is 31.1 Å². The smallest absolute Gasteiger partial charge is 0.271 e. The molecule has 0 spiro atoms. The van der Waals surface area contributed by atoms with Crippen LogP contribution in [-0.4, -0.2) is 57.4 Å². The van der Waals surface area contributed by atoms with Crippen LogP contribution in [0.2, 0.25) is 0 Å². The number of hydrazine groups is 1. The van der Waals surface area contributed by atoms with Crippen LogP contribution in [0.5, 0.6) is 0 Å². The third-order valence-corrected chi connectivity index (χ3v) is 5.77. The van der Waals surface area contributed by atoms with Gasteiger partial charge in [-0.05, 0) is 26.3 Å². The molecule has 30 heavy (non-hydrogen) atoms. The highest BCUT2D eigenvalue weighted by molar-refractivity contribution is 5.92. The van der Waals surface area contributed by atoms with Crippen LogP contribution in [0, 0.1) is 11.3 Å². The zero-order valence-electron chi connectivity index (χ0n) is 17.5. The lowest BCUT2D eigenvalue weighted by atomic mass is 9.86. The van der Waals surface area contributed by atoms with Gasteiger partial charge in [-0.25, -0.2) is 9.97 Å². The van der Waals surface area contributed by atoms with Crippen molar-refractivity contribution in [2.75, 3.05) is 24.5 Å². The van der Waals surface area contributed by atoms with Gasteiger partial charge in [-0.3, -0.25) is 20.3 Å². The summed E-state index contributed by atoms with van der Waals surface area (Å²) in [6.45, 7) is 8.03. The molecule has 4 rings (SSSR count). The lowest BCUT2D eigenvalue weighted by Gasteiger charge is -2.49. The number of nitriles is 1. The molecular weight excluding hydrogens is 382 g/mol. The first kappa shape index (κ1) is 20.3. The highest BCUT2D eigenvalue weighted by Gasteiger charge is 2.46. The van der Waals surface area contributed by atoms with Gasteiger partial charge in [0.2, 0.25) is 0 Å². The summed E-state index contributed by atoms with van der Waals surface area (Å²) in [7, 11) is 0. The van der Waals surface area contributed by atoms with E-state index >= 15 is 0 Å². The summed E-state index contributed by atoms with van der Waals surface area (Å²) in [6, 6.07) is 2.68. The topological polar surface area (TPSA) is 124 Å². The standard InChI is InChI=1S/C20H27N9O/c1-13(2)26-19(30)17-8-23-18(9-22-17)28-11-20(12-28,4-5-21)29-10-15(6-25-29)16-7-24-27-14(16)3/h6,8-10,13-14,16,24,27H,4,7,11-12H2,1-3H3,(H,26,30). The van der Waals surface area contributed by atoms with Crippen LogP contribution < -0.4 is 21.1 Å². The van der Waals surface area contributed by atoms with Crippen LogP contribution in [0.25, 0.3) is 0 Å². The summed E-state index contributed by atoms with van der Waals surface area (Å²) in [5, 5.41) is 16.8. The van der Waals surface area contributed by atoms with Gasteiger partial charge in [0.25, 0.3) is 5.91 Å². The van der Waals surface area contributed by atoms with Crippen LogP contribution in [-0.2, 0) is 5.54 Å². The van der Waals surface area contributed by atoms with Crippen molar-refractivity contribution in [2.24, 2.45) is 0 Å². The van der Waals surface area contributed by atoms with Crippen molar-refractivity contribution >= 4 is 11.7 Å². The Morgan fingerprint density at radius 1 is 1.37 bits per heavy atom. The van der Waals surface area contributed by atoms with Gasteiger partial charge >= 0.3 is 0 Å². The molecule has 0 aromatic carbocycles. The van der Waals surface area contributed by atoms with Crippen molar-refractivity contribution in [1.82, 2.24) is 35.9 Å². The maximum Gasteiger partial charge on any atom is 0.271 e. The molecule has 0 radical (unpaired) electrons. The van der Waals surface area contributed by atoms with Crippen molar-refractivity contribution in [1.29, 1.82) is 5.26 Å². The first-order valence-corrected chi connectivity index (χ1v) is 10.2. The summed E-state index contributed by atoms with van der Waals surface area (Å²) in [5.74, 6) is 0.806. The summed E-state index contributed by atoms with van der Waals surface area (Å²) < 4.78 is 1.94. The molecule has 10 heteroatoms. The molecule has 2 fully saturated rings. The maximum atomic E-state index is 12.0. The van der Waals surface area contributed by atoms with E-state index in [-0.39, 0.29) is 17.5 Å². The Bertz CT molecular complexity index is 940. The summed E-state index contributed by atoms with van der Waals surface area (Å²) in [6.07, 6.45) is 7.43. The largest absolute Gasteiger partial charge is 0.350 e. The van der Waals surface area contributed by atoms with E-state index in [1.807, 2.05) is 24.7 Å². The Balaban J connectivity index is 1.46. The average molecular weight is 409 g/mol. The summed E-state index contributed by atoms with van der Waals surface area (Å²) in [4.78, 5) is 22.7. The van der Waals surface area contributed by atoms with E-state index < -0.39 is 0 Å². The number of nitrogens with one attached hydrogen (secondary N) is 3. The average Bonchev–Trinajstić information content (AvgIpc) is 3.33. The van der Waals surface area contributed by atoms with Gasteiger partial charge in [-0.15, -0.1) is 0 Å². The highest BCUT2D eigenvalue weighted by atomic mass is 16.1. The van der Waals surface area contributed by atoms with Gasteiger partial charge in [-0.1, -0.05) is 0 Å². The number of anilines is 1. The Labute approximate surface area is 175 Å². The van der Waals surface area contributed by atoms with Gasteiger partial charge < -0.3 is 10.2 Å². The molecule has 3 N–H and O–H groups in total. The van der Waals surface area contributed by atoms with Crippen molar-refractivity contribution in [2.45, 2.75) is 50.7 Å². The van der Waals surface area contributed by atoms with Gasteiger partial charge in [0.15, 0.2) is 0 Å². The van der Waals surface area contributed by atoms with E-state index in [4.69, 9.17) is 0 Å². The van der Waals surface area contributed by atoms with E-state index in [0.717, 1.165) is 12.1 Å².